The monoisotopic (exact) mass is 437 g/mol. The minimum Gasteiger partial charge on any atom is -0.490 e. The summed E-state index contributed by atoms with van der Waals surface area (Å²) in [4.78, 5) is 21.5. The first-order valence-electron chi connectivity index (χ1n) is 11.5. The second-order valence-electron chi connectivity index (χ2n) is 9.10. The topological polar surface area (TPSA) is 75.1 Å². The zero-order chi connectivity index (χ0) is 22.4. The van der Waals surface area contributed by atoms with Crippen LogP contribution in [0.4, 0.5) is 5.82 Å². The van der Waals surface area contributed by atoms with Gasteiger partial charge < -0.3 is 24.4 Å². The smallest absolute Gasteiger partial charge is 0.256 e. The number of ether oxygens (including phenoxy) is 2. The Labute approximate surface area is 189 Å². The third-order valence-corrected chi connectivity index (χ3v) is 7.24. The average Bonchev–Trinajstić information content (AvgIpc) is 3.06. The lowest BCUT2D eigenvalue weighted by Gasteiger charge is -2.34. The zero-order valence-electron chi connectivity index (χ0n) is 19.1. The molecule has 0 bridgehead atoms. The number of carbonyl (C=O) groups excluding carboxylic acids is 1. The third kappa shape index (κ3) is 3.53. The molecule has 1 saturated heterocycles. The number of piperidine rings is 1. The number of amides is 1. The minimum atomic E-state index is -0.371. The number of hydrogen-bond donors (Lipinski definition) is 1. The molecule has 1 N–H and O–H groups in total. The molecule has 32 heavy (non-hydrogen) atoms. The van der Waals surface area contributed by atoms with E-state index in [4.69, 9.17) is 14.5 Å². The van der Waals surface area contributed by atoms with Crippen molar-refractivity contribution in [3.8, 4) is 5.75 Å². The van der Waals surface area contributed by atoms with Crippen LogP contribution in [-0.2, 0) is 17.8 Å². The fourth-order valence-corrected chi connectivity index (χ4v) is 5.13. The molecule has 1 fully saturated rings. The molecule has 1 aromatic carbocycles. The van der Waals surface area contributed by atoms with E-state index in [0.717, 1.165) is 61.7 Å². The normalized spacial score (nSPS) is 21.0. The van der Waals surface area contributed by atoms with Crippen molar-refractivity contribution in [2.24, 2.45) is 0 Å². The van der Waals surface area contributed by atoms with Crippen molar-refractivity contribution in [1.82, 2.24) is 9.88 Å². The molecule has 7 nitrogen and oxygen atoms in total. The molecule has 0 saturated carbocycles. The second-order valence-corrected chi connectivity index (χ2v) is 9.10. The summed E-state index contributed by atoms with van der Waals surface area (Å²) in [6.07, 6.45) is 2.96. The molecule has 1 atom stereocenters. The molecule has 0 unspecified atom stereocenters. The van der Waals surface area contributed by atoms with E-state index in [1.165, 1.54) is 11.1 Å². The number of carbonyl (C=O) groups is 1. The Kier molecular flexibility index (Phi) is 5.55. The van der Waals surface area contributed by atoms with Crippen LogP contribution in [0.5, 0.6) is 5.75 Å². The molecule has 0 aliphatic carbocycles. The summed E-state index contributed by atoms with van der Waals surface area (Å²) in [7, 11) is 1.73. The van der Waals surface area contributed by atoms with Gasteiger partial charge in [0.1, 0.15) is 17.7 Å². The summed E-state index contributed by atoms with van der Waals surface area (Å²) >= 11 is 0. The van der Waals surface area contributed by atoms with Gasteiger partial charge in [-0.1, -0.05) is 6.07 Å². The Morgan fingerprint density at radius 1 is 1.19 bits per heavy atom. The quantitative estimate of drug-likeness (QED) is 0.793. The summed E-state index contributed by atoms with van der Waals surface area (Å²) < 4.78 is 11.9. The molecular formula is C25H31N3O4. The molecule has 3 aliphatic rings. The van der Waals surface area contributed by atoms with E-state index in [2.05, 4.69) is 23.1 Å². The lowest BCUT2D eigenvalue weighted by molar-refractivity contribution is 0.0714. The Bertz CT molecular complexity index is 1050. The van der Waals surface area contributed by atoms with Crippen LogP contribution in [0, 0.1) is 13.8 Å². The van der Waals surface area contributed by atoms with Gasteiger partial charge in [0.05, 0.1) is 37.1 Å². The SMILES string of the molecule is Cc1c(N2CCC(Oc3ccc4c(c3)COCC4)CC2)nc2c(c1C)C(=O)N(C)[C@H]2CO. The molecule has 0 radical (unpaired) electrons. The Hall–Kier alpha value is -2.64. The van der Waals surface area contributed by atoms with Crippen molar-refractivity contribution in [2.75, 3.05) is 38.3 Å². The van der Waals surface area contributed by atoms with Crippen LogP contribution in [-0.4, -0.2) is 60.4 Å². The van der Waals surface area contributed by atoms with Crippen molar-refractivity contribution in [1.29, 1.82) is 0 Å². The molecule has 1 aromatic heterocycles. The Morgan fingerprint density at radius 2 is 1.97 bits per heavy atom. The van der Waals surface area contributed by atoms with Crippen molar-refractivity contribution < 1.29 is 19.4 Å². The molecular weight excluding hydrogens is 406 g/mol. The van der Waals surface area contributed by atoms with Gasteiger partial charge in [-0.2, -0.15) is 0 Å². The van der Waals surface area contributed by atoms with Crippen LogP contribution < -0.4 is 9.64 Å². The van der Waals surface area contributed by atoms with Crippen LogP contribution in [0.25, 0.3) is 0 Å². The molecule has 2 aromatic rings. The molecule has 1 amide bonds. The Morgan fingerprint density at radius 3 is 2.72 bits per heavy atom. The number of benzene rings is 1. The van der Waals surface area contributed by atoms with E-state index < -0.39 is 0 Å². The van der Waals surface area contributed by atoms with Crippen LogP contribution in [0.3, 0.4) is 0 Å². The number of fused-ring (bicyclic) bond motifs is 2. The number of aromatic nitrogens is 1. The number of nitrogens with zero attached hydrogens (tertiary/aromatic N) is 3. The van der Waals surface area contributed by atoms with Gasteiger partial charge in [-0.3, -0.25) is 4.79 Å². The highest BCUT2D eigenvalue weighted by molar-refractivity contribution is 6.00. The first-order valence-corrected chi connectivity index (χ1v) is 11.5. The van der Waals surface area contributed by atoms with Crippen LogP contribution >= 0.6 is 0 Å². The molecule has 4 heterocycles. The van der Waals surface area contributed by atoms with Gasteiger partial charge in [0, 0.05) is 33.0 Å². The minimum absolute atomic E-state index is 0.0544. The second kappa shape index (κ2) is 8.37. The van der Waals surface area contributed by atoms with E-state index in [1.807, 2.05) is 13.8 Å². The lowest BCUT2D eigenvalue weighted by Crippen LogP contribution is -2.39. The maximum Gasteiger partial charge on any atom is 0.256 e. The van der Waals surface area contributed by atoms with Gasteiger partial charge >= 0.3 is 0 Å². The average molecular weight is 438 g/mol. The van der Waals surface area contributed by atoms with Gasteiger partial charge in [-0.25, -0.2) is 4.98 Å². The first kappa shape index (κ1) is 21.2. The van der Waals surface area contributed by atoms with Crippen molar-refractivity contribution in [2.45, 2.75) is 51.9 Å². The van der Waals surface area contributed by atoms with Crippen molar-refractivity contribution in [3.63, 3.8) is 0 Å². The van der Waals surface area contributed by atoms with Gasteiger partial charge in [0.2, 0.25) is 0 Å². The number of anilines is 1. The standard InChI is InChI=1S/C25H31N3O4/c1-15-16(2)24(26-23-21(13-29)27(3)25(30)22(15)23)28-9-6-19(7-10-28)32-20-5-4-17-8-11-31-14-18(17)12-20/h4-5,12,19,21,29H,6-11,13-14H2,1-3H3/t21-/m0/s1. The maximum absolute atomic E-state index is 12.7. The Balaban J connectivity index is 1.30. The number of aliphatic hydroxyl groups excluding tert-OH is 1. The van der Waals surface area contributed by atoms with Gasteiger partial charge in [0.25, 0.3) is 5.91 Å². The number of hydrogen-bond acceptors (Lipinski definition) is 6. The molecule has 7 heteroatoms. The summed E-state index contributed by atoms with van der Waals surface area (Å²) in [5.74, 6) is 1.79. The van der Waals surface area contributed by atoms with Crippen molar-refractivity contribution in [3.05, 3.63) is 51.7 Å². The van der Waals surface area contributed by atoms with E-state index in [1.54, 1.807) is 11.9 Å². The third-order valence-electron chi connectivity index (χ3n) is 7.24. The lowest BCUT2D eigenvalue weighted by atomic mass is 10.00. The maximum atomic E-state index is 12.7. The summed E-state index contributed by atoms with van der Waals surface area (Å²) in [6.45, 7) is 7.06. The van der Waals surface area contributed by atoms with Crippen LogP contribution in [0.1, 0.15) is 57.2 Å². The predicted molar refractivity (Wildman–Crippen MR) is 121 cm³/mol. The highest BCUT2D eigenvalue weighted by Crippen LogP contribution is 2.37. The molecule has 0 spiro atoms. The van der Waals surface area contributed by atoms with E-state index in [9.17, 15) is 9.90 Å². The fraction of sp³-hybridized carbons (Fsp3) is 0.520. The number of rotatable bonds is 4. The highest BCUT2D eigenvalue weighted by atomic mass is 16.5. The largest absolute Gasteiger partial charge is 0.490 e. The number of aliphatic hydroxyl groups is 1. The number of pyridine rings is 1. The van der Waals surface area contributed by atoms with Gasteiger partial charge in [0.15, 0.2) is 0 Å². The summed E-state index contributed by atoms with van der Waals surface area (Å²) in [5, 5.41) is 9.84. The first-order chi connectivity index (χ1) is 15.5. The molecule has 170 valence electrons. The molecule has 5 rings (SSSR count). The van der Waals surface area contributed by atoms with Crippen molar-refractivity contribution >= 4 is 11.7 Å². The fourth-order valence-electron chi connectivity index (χ4n) is 5.13. The van der Waals surface area contributed by atoms with E-state index >= 15 is 0 Å². The highest BCUT2D eigenvalue weighted by Gasteiger charge is 2.38. The van der Waals surface area contributed by atoms with E-state index in [0.29, 0.717) is 17.9 Å². The van der Waals surface area contributed by atoms with Gasteiger partial charge in [-0.15, -0.1) is 0 Å². The number of likely N-dealkylation sites (N-methyl/N-ethyl adjacent to an activating group) is 1. The predicted octanol–water partition coefficient (Wildman–Crippen LogP) is 2.94. The van der Waals surface area contributed by atoms with Crippen LogP contribution in [0.2, 0.25) is 0 Å². The summed E-state index contributed by atoms with van der Waals surface area (Å²) in [6, 6.07) is 6.00. The molecule has 3 aliphatic heterocycles. The van der Waals surface area contributed by atoms with Crippen LogP contribution in [0.15, 0.2) is 18.2 Å². The summed E-state index contributed by atoms with van der Waals surface area (Å²) in [5.41, 5.74) is 5.95. The zero-order valence-corrected chi connectivity index (χ0v) is 19.1. The van der Waals surface area contributed by atoms with Gasteiger partial charge in [-0.05, 0) is 54.7 Å². The van der Waals surface area contributed by atoms with E-state index in [-0.39, 0.29) is 24.7 Å².